The van der Waals surface area contributed by atoms with Crippen molar-refractivity contribution in [1.82, 2.24) is 9.78 Å². The third-order valence-corrected chi connectivity index (χ3v) is 3.65. The predicted molar refractivity (Wildman–Crippen MR) is 65.2 cm³/mol. The SMILES string of the molecule is Cn1nccc1CCC(=O)c1ccc(Cl)s1. The van der Waals surface area contributed by atoms with Gasteiger partial charge in [-0.3, -0.25) is 9.48 Å². The van der Waals surface area contributed by atoms with Gasteiger partial charge >= 0.3 is 0 Å². The van der Waals surface area contributed by atoms with Gasteiger partial charge in [-0.2, -0.15) is 5.10 Å². The van der Waals surface area contributed by atoms with Crippen LogP contribution in [0.1, 0.15) is 21.8 Å². The fourth-order valence-corrected chi connectivity index (χ4v) is 2.49. The molecule has 84 valence electrons. The van der Waals surface area contributed by atoms with Crippen LogP contribution in [0.4, 0.5) is 0 Å². The van der Waals surface area contributed by atoms with E-state index in [1.54, 1.807) is 23.0 Å². The number of halogens is 1. The van der Waals surface area contributed by atoms with E-state index in [0.29, 0.717) is 17.2 Å². The highest BCUT2D eigenvalue weighted by atomic mass is 35.5. The number of Topliss-reactive ketones (excluding diaryl/α,β-unsaturated/α-hetero) is 1. The molecule has 0 aliphatic carbocycles. The van der Waals surface area contributed by atoms with Crippen LogP contribution in [0.25, 0.3) is 0 Å². The van der Waals surface area contributed by atoms with Gasteiger partial charge in [0, 0.05) is 25.4 Å². The molecule has 5 heteroatoms. The zero-order valence-electron chi connectivity index (χ0n) is 8.81. The van der Waals surface area contributed by atoms with Gasteiger partial charge in [0.25, 0.3) is 0 Å². The highest BCUT2D eigenvalue weighted by Gasteiger charge is 2.09. The largest absolute Gasteiger partial charge is 0.293 e. The van der Waals surface area contributed by atoms with Gasteiger partial charge in [0.05, 0.1) is 9.21 Å². The van der Waals surface area contributed by atoms with Crippen LogP contribution in [0.2, 0.25) is 4.34 Å². The normalized spacial score (nSPS) is 10.6. The van der Waals surface area contributed by atoms with E-state index in [2.05, 4.69) is 5.10 Å². The van der Waals surface area contributed by atoms with Crippen LogP contribution in [0.3, 0.4) is 0 Å². The molecule has 0 aliphatic heterocycles. The Morgan fingerprint density at radius 3 is 2.88 bits per heavy atom. The molecule has 3 nitrogen and oxygen atoms in total. The van der Waals surface area contributed by atoms with Crippen molar-refractivity contribution in [2.45, 2.75) is 12.8 Å². The summed E-state index contributed by atoms with van der Waals surface area (Å²) in [6.45, 7) is 0. The third kappa shape index (κ3) is 2.51. The van der Waals surface area contributed by atoms with Crippen LogP contribution >= 0.6 is 22.9 Å². The number of aromatic nitrogens is 2. The number of hydrogen-bond donors (Lipinski definition) is 0. The quantitative estimate of drug-likeness (QED) is 0.787. The summed E-state index contributed by atoms with van der Waals surface area (Å²) in [5.41, 5.74) is 1.07. The molecule has 16 heavy (non-hydrogen) atoms. The molecule has 0 unspecified atom stereocenters. The second-order valence-corrected chi connectivity index (χ2v) is 5.19. The maximum absolute atomic E-state index is 11.8. The molecule has 0 amide bonds. The van der Waals surface area contributed by atoms with Crippen molar-refractivity contribution in [2.75, 3.05) is 0 Å². The maximum Gasteiger partial charge on any atom is 0.173 e. The number of aryl methyl sites for hydroxylation is 2. The Labute approximate surface area is 103 Å². The maximum atomic E-state index is 11.8. The van der Waals surface area contributed by atoms with E-state index in [4.69, 9.17) is 11.6 Å². The van der Waals surface area contributed by atoms with Crippen LogP contribution in [0.5, 0.6) is 0 Å². The monoisotopic (exact) mass is 254 g/mol. The van der Waals surface area contributed by atoms with E-state index in [0.717, 1.165) is 10.6 Å². The fraction of sp³-hybridized carbons (Fsp3) is 0.273. The standard InChI is InChI=1S/C11H11ClN2OS/c1-14-8(6-7-13-14)2-3-9(15)10-4-5-11(12)16-10/h4-7H,2-3H2,1H3. The first-order valence-electron chi connectivity index (χ1n) is 4.92. The zero-order chi connectivity index (χ0) is 11.5. The van der Waals surface area contributed by atoms with Crippen molar-refractivity contribution in [2.24, 2.45) is 7.05 Å². The van der Waals surface area contributed by atoms with Crippen molar-refractivity contribution in [3.63, 3.8) is 0 Å². The smallest absolute Gasteiger partial charge is 0.173 e. The lowest BCUT2D eigenvalue weighted by Gasteiger charge is -2.00. The van der Waals surface area contributed by atoms with Crippen molar-refractivity contribution < 1.29 is 4.79 Å². The minimum atomic E-state index is 0.137. The Bertz CT molecular complexity index is 504. The molecular formula is C11H11ClN2OS. The molecule has 2 heterocycles. The zero-order valence-corrected chi connectivity index (χ0v) is 10.4. The molecule has 0 spiro atoms. The summed E-state index contributed by atoms with van der Waals surface area (Å²) in [5, 5.41) is 4.06. The summed E-state index contributed by atoms with van der Waals surface area (Å²) >= 11 is 7.11. The molecule has 2 aromatic rings. The van der Waals surface area contributed by atoms with E-state index in [1.807, 2.05) is 13.1 Å². The Hall–Kier alpha value is -1.13. The van der Waals surface area contributed by atoms with Gasteiger partial charge in [0.2, 0.25) is 0 Å². The van der Waals surface area contributed by atoms with Gasteiger partial charge in [-0.05, 0) is 24.6 Å². The summed E-state index contributed by atoms with van der Waals surface area (Å²) in [5.74, 6) is 0.137. The summed E-state index contributed by atoms with van der Waals surface area (Å²) in [6, 6.07) is 5.46. The lowest BCUT2D eigenvalue weighted by molar-refractivity contribution is 0.0986. The molecule has 0 bridgehead atoms. The van der Waals surface area contributed by atoms with Gasteiger partial charge in [0.1, 0.15) is 0 Å². The molecule has 0 saturated carbocycles. The van der Waals surface area contributed by atoms with Crippen molar-refractivity contribution in [3.05, 3.63) is 39.3 Å². The van der Waals surface area contributed by atoms with Crippen LogP contribution in [-0.2, 0) is 13.5 Å². The molecule has 0 aliphatic rings. The topological polar surface area (TPSA) is 34.9 Å². The summed E-state index contributed by atoms with van der Waals surface area (Å²) < 4.78 is 2.44. The lowest BCUT2D eigenvalue weighted by Crippen LogP contribution is -2.03. The number of thiophene rings is 1. The average molecular weight is 255 g/mol. The van der Waals surface area contributed by atoms with Crippen LogP contribution in [-0.4, -0.2) is 15.6 Å². The minimum absolute atomic E-state index is 0.137. The number of carbonyl (C=O) groups is 1. The number of nitrogens with zero attached hydrogens (tertiary/aromatic N) is 2. The van der Waals surface area contributed by atoms with Gasteiger partial charge in [-0.25, -0.2) is 0 Å². The Balaban J connectivity index is 1.96. The Kier molecular flexibility index (Phi) is 3.41. The summed E-state index contributed by atoms with van der Waals surface area (Å²) in [7, 11) is 1.88. The second-order valence-electron chi connectivity index (χ2n) is 3.47. The summed E-state index contributed by atoms with van der Waals surface area (Å²) in [4.78, 5) is 12.5. The Morgan fingerprint density at radius 1 is 1.50 bits per heavy atom. The minimum Gasteiger partial charge on any atom is -0.293 e. The van der Waals surface area contributed by atoms with E-state index >= 15 is 0 Å². The fourth-order valence-electron chi connectivity index (χ4n) is 1.48. The molecule has 0 fully saturated rings. The number of carbonyl (C=O) groups excluding carboxylic acids is 1. The van der Waals surface area contributed by atoms with E-state index in [1.165, 1.54) is 11.3 Å². The first kappa shape index (κ1) is 11.4. The van der Waals surface area contributed by atoms with E-state index < -0.39 is 0 Å². The third-order valence-electron chi connectivity index (χ3n) is 2.38. The number of rotatable bonds is 4. The van der Waals surface area contributed by atoms with Gasteiger partial charge in [-0.15, -0.1) is 11.3 Å². The first-order valence-corrected chi connectivity index (χ1v) is 6.11. The van der Waals surface area contributed by atoms with Gasteiger partial charge in [-0.1, -0.05) is 11.6 Å². The number of ketones is 1. The highest BCUT2D eigenvalue weighted by Crippen LogP contribution is 2.22. The molecule has 0 saturated heterocycles. The molecule has 0 aromatic carbocycles. The molecule has 2 rings (SSSR count). The van der Waals surface area contributed by atoms with E-state index in [9.17, 15) is 4.79 Å². The Morgan fingerprint density at radius 2 is 2.31 bits per heavy atom. The van der Waals surface area contributed by atoms with Crippen molar-refractivity contribution >= 4 is 28.7 Å². The lowest BCUT2D eigenvalue weighted by atomic mass is 10.1. The van der Waals surface area contributed by atoms with Gasteiger partial charge < -0.3 is 0 Å². The molecule has 0 radical (unpaired) electrons. The molecular weight excluding hydrogens is 244 g/mol. The molecule has 2 aromatic heterocycles. The molecule has 0 N–H and O–H groups in total. The van der Waals surface area contributed by atoms with Crippen LogP contribution in [0.15, 0.2) is 24.4 Å². The van der Waals surface area contributed by atoms with Crippen LogP contribution < -0.4 is 0 Å². The van der Waals surface area contributed by atoms with Crippen LogP contribution in [0, 0.1) is 0 Å². The highest BCUT2D eigenvalue weighted by molar-refractivity contribution is 7.18. The second kappa shape index (κ2) is 4.80. The predicted octanol–water partition coefficient (Wildman–Crippen LogP) is 2.95. The molecule has 0 atom stereocenters. The summed E-state index contributed by atoms with van der Waals surface area (Å²) in [6.07, 6.45) is 2.95. The van der Waals surface area contributed by atoms with Gasteiger partial charge in [0.15, 0.2) is 5.78 Å². The van der Waals surface area contributed by atoms with E-state index in [-0.39, 0.29) is 5.78 Å². The number of hydrogen-bond acceptors (Lipinski definition) is 3. The first-order chi connectivity index (χ1) is 7.66. The van der Waals surface area contributed by atoms with Crippen molar-refractivity contribution in [3.8, 4) is 0 Å². The average Bonchev–Trinajstić information content (AvgIpc) is 2.84. The van der Waals surface area contributed by atoms with Crippen molar-refractivity contribution in [1.29, 1.82) is 0 Å².